The van der Waals surface area contributed by atoms with Crippen molar-refractivity contribution in [3.05, 3.63) is 38.4 Å². The smallest absolute Gasteiger partial charge is 0.303 e. The number of nitrogens with one attached hydrogen (secondary N) is 1. The molecule has 4 nitrogen and oxygen atoms in total. The van der Waals surface area contributed by atoms with Gasteiger partial charge in [0.25, 0.3) is 5.91 Å². The molecule has 0 spiro atoms. The molecule has 2 heterocycles. The first-order chi connectivity index (χ1) is 9.97. The molecular formula is C14H13NO3S3. The zero-order valence-corrected chi connectivity index (χ0v) is 13.7. The van der Waals surface area contributed by atoms with Crippen molar-refractivity contribution in [3.63, 3.8) is 0 Å². The highest BCUT2D eigenvalue weighted by Crippen LogP contribution is 2.30. The maximum atomic E-state index is 11.8. The van der Waals surface area contributed by atoms with Gasteiger partial charge in [-0.25, -0.2) is 0 Å². The van der Waals surface area contributed by atoms with Crippen molar-refractivity contribution in [1.82, 2.24) is 5.32 Å². The number of carboxylic acid groups (broad SMARTS) is 1. The molecule has 0 unspecified atom stereocenters. The van der Waals surface area contributed by atoms with E-state index in [1.54, 1.807) is 11.3 Å². The van der Waals surface area contributed by atoms with Crippen LogP contribution in [-0.4, -0.2) is 21.3 Å². The van der Waals surface area contributed by atoms with Gasteiger partial charge in [-0.2, -0.15) is 0 Å². The third-order valence-electron chi connectivity index (χ3n) is 2.85. The Kier molecular flexibility index (Phi) is 5.33. The van der Waals surface area contributed by atoms with Crippen LogP contribution in [0, 0.1) is 6.92 Å². The average molecular weight is 339 g/mol. The van der Waals surface area contributed by atoms with E-state index in [1.165, 1.54) is 11.8 Å². The number of thiocarbonyl (C=S) groups is 1. The Hall–Kier alpha value is -1.44. The van der Waals surface area contributed by atoms with Crippen LogP contribution in [0.2, 0.25) is 0 Å². The predicted octanol–water partition coefficient (Wildman–Crippen LogP) is 3.34. The Morgan fingerprint density at radius 2 is 2.24 bits per heavy atom. The molecule has 1 saturated heterocycles. The van der Waals surface area contributed by atoms with Crippen LogP contribution in [0.1, 0.15) is 23.3 Å². The Morgan fingerprint density at radius 1 is 1.48 bits per heavy atom. The number of aliphatic carboxylic acids is 1. The van der Waals surface area contributed by atoms with Gasteiger partial charge in [0.05, 0.1) is 4.91 Å². The number of thiophene rings is 1. The van der Waals surface area contributed by atoms with Crippen LogP contribution >= 0.6 is 35.3 Å². The normalized spacial score (nSPS) is 17.4. The van der Waals surface area contributed by atoms with Crippen LogP contribution in [0.25, 0.3) is 6.08 Å². The fraction of sp³-hybridized carbons (Fsp3) is 0.214. The Morgan fingerprint density at radius 3 is 2.76 bits per heavy atom. The molecular weight excluding hydrogens is 326 g/mol. The van der Waals surface area contributed by atoms with Gasteiger partial charge in [0, 0.05) is 11.3 Å². The molecule has 0 radical (unpaired) electrons. The number of rotatable bonds is 5. The highest BCUT2D eigenvalue weighted by Gasteiger charge is 2.25. The zero-order chi connectivity index (χ0) is 15.4. The lowest BCUT2D eigenvalue weighted by Gasteiger charge is -2.03. The van der Waals surface area contributed by atoms with E-state index < -0.39 is 5.97 Å². The largest absolute Gasteiger partial charge is 0.481 e. The molecule has 0 aliphatic carbocycles. The average Bonchev–Trinajstić information content (AvgIpc) is 2.95. The number of carbonyl (C=O) groups is 2. The lowest BCUT2D eigenvalue weighted by atomic mass is 10.1. The molecule has 2 rings (SSSR count). The Labute approximate surface area is 135 Å². The lowest BCUT2D eigenvalue weighted by molar-refractivity contribution is -0.137. The first-order valence-corrected chi connectivity index (χ1v) is 8.28. The van der Waals surface area contributed by atoms with E-state index in [-0.39, 0.29) is 12.3 Å². The monoisotopic (exact) mass is 339 g/mol. The van der Waals surface area contributed by atoms with E-state index in [0.717, 1.165) is 10.4 Å². The molecule has 0 saturated carbocycles. The van der Waals surface area contributed by atoms with Gasteiger partial charge >= 0.3 is 5.97 Å². The molecule has 0 atom stereocenters. The third kappa shape index (κ3) is 4.26. The Balaban J connectivity index is 2.28. The SMILES string of the molecule is Cc1ccsc1C=CC(CCC(=O)O)=C1SC(=S)NC1=O. The van der Waals surface area contributed by atoms with Crippen LogP contribution < -0.4 is 5.32 Å². The highest BCUT2D eigenvalue weighted by atomic mass is 32.2. The zero-order valence-electron chi connectivity index (χ0n) is 11.2. The number of amides is 1. The second kappa shape index (κ2) is 7.02. The van der Waals surface area contributed by atoms with Gasteiger partial charge in [-0.3, -0.25) is 9.59 Å². The Bertz CT molecular complexity index is 658. The number of thioether (sulfide) groups is 1. The lowest BCUT2D eigenvalue weighted by Crippen LogP contribution is -2.18. The van der Waals surface area contributed by atoms with Gasteiger partial charge in [-0.15, -0.1) is 11.3 Å². The topological polar surface area (TPSA) is 66.4 Å². The molecule has 0 aromatic carbocycles. The predicted molar refractivity (Wildman–Crippen MR) is 90.3 cm³/mol. The van der Waals surface area contributed by atoms with Crippen molar-refractivity contribution in [2.75, 3.05) is 0 Å². The summed E-state index contributed by atoms with van der Waals surface area (Å²) in [7, 11) is 0. The molecule has 1 aromatic heterocycles. The summed E-state index contributed by atoms with van der Waals surface area (Å²) in [5, 5.41) is 13.4. The highest BCUT2D eigenvalue weighted by molar-refractivity contribution is 8.26. The molecule has 1 fully saturated rings. The number of carboxylic acids is 1. The first kappa shape index (κ1) is 15.9. The van der Waals surface area contributed by atoms with E-state index in [1.807, 2.05) is 30.5 Å². The fourth-order valence-electron chi connectivity index (χ4n) is 1.77. The number of aryl methyl sites for hydroxylation is 1. The molecule has 2 N–H and O–H groups in total. The van der Waals surface area contributed by atoms with Crippen molar-refractivity contribution >= 4 is 57.6 Å². The van der Waals surface area contributed by atoms with E-state index in [4.69, 9.17) is 17.3 Å². The number of carbonyl (C=O) groups excluding carboxylic acids is 1. The van der Waals surface area contributed by atoms with Crippen molar-refractivity contribution in [3.8, 4) is 0 Å². The minimum absolute atomic E-state index is 0.0206. The molecule has 1 amide bonds. The van der Waals surface area contributed by atoms with Crippen LogP contribution in [-0.2, 0) is 9.59 Å². The number of hydrogen-bond donors (Lipinski definition) is 2. The van der Waals surface area contributed by atoms with Gasteiger partial charge in [0.2, 0.25) is 0 Å². The summed E-state index contributed by atoms with van der Waals surface area (Å²) in [4.78, 5) is 24.2. The molecule has 21 heavy (non-hydrogen) atoms. The number of hydrogen-bond acceptors (Lipinski definition) is 5. The molecule has 0 bridgehead atoms. The minimum Gasteiger partial charge on any atom is -0.481 e. The van der Waals surface area contributed by atoms with Crippen LogP contribution in [0.3, 0.4) is 0 Å². The molecule has 1 aliphatic rings. The molecule has 1 aromatic rings. The van der Waals surface area contributed by atoms with Gasteiger partial charge in [-0.1, -0.05) is 30.1 Å². The summed E-state index contributed by atoms with van der Waals surface area (Å²) in [5.74, 6) is -1.14. The fourth-order valence-corrected chi connectivity index (χ4v) is 3.71. The van der Waals surface area contributed by atoms with E-state index in [0.29, 0.717) is 21.2 Å². The van der Waals surface area contributed by atoms with E-state index in [2.05, 4.69) is 5.32 Å². The second-order valence-corrected chi connectivity index (χ2v) is 7.03. The molecule has 7 heteroatoms. The van der Waals surface area contributed by atoms with Gasteiger partial charge in [-0.05, 0) is 42.0 Å². The quantitative estimate of drug-likeness (QED) is 0.636. The van der Waals surface area contributed by atoms with Gasteiger partial charge in [0.15, 0.2) is 0 Å². The van der Waals surface area contributed by atoms with Crippen molar-refractivity contribution in [1.29, 1.82) is 0 Å². The maximum Gasteiger partial charge on any atom is 0.303 e. The summed E-state index contributed by atoms with van der Waals surface area (Å²) in [6.07, 6.45) is 4.01. The molecule has 110 valence electrons. The van der Waals surface area contributed by atoms with Crippen molar-refractivity contribution < 1.29 is 14.7 Å². The third-order valence-corrected chi connectivity index (χ3v) is 5.13. The standard InChI is InChI=1S/C14H13NO3S3/c1-8-6-7-20-10(8)4-2-9(3-5-11(16)17)12-13(18)15-14(19)21-12/h2,4,6-7H,3,5H2,1H3,(H,16,17)(H,15,18,19). The van der Waals surface area contributed by atoms with Crippen molar-refractivity contribution in [2.24, 2.45) is 0 Å². The van der Waals surface area contributed by atoms with E-state index >= 15 is 0 Å². The second-order valence-electron chi connectivity index (χ2n) is 4.39. The minimum atomic E-state index is -0.889. The van der Waals surface area contributed by atoms with Crippen LogP contribution in [0.5, 0.6) is 0 Å². The summed E-state index contributed by atoms with van der Waals surface area (Å²) < 4.78 is 0.406. The van der Waals surface area contributed by atoms with Crippen LogP contribution in [0.15, 0.2) is 28.0 Å². The van der Waals surface area contributed by atoms with Gasteiger partial charge < -0.3 is 10.4 Å². The number of allylic oxidation sites excluding steroid dienone is 2. The van der Waals surface area contributed by atoms with Crippen LogP contribution in [0.4, 0.5) is 0 Å². The summed E-state index contributed by atoms with van der Waals surface area (Å²) in [6, 6.07) is 2.01. The van der Waals surface area contributed by atoms with E-state index in [9.17, 15) is 9.59 Å². The van der Waals surface area contributed by atoms with Gasteiger partial charge in [0.1, 0.15) is 4.32 Å². The van der Waals surface area contributed by atoms with Crippen molar-refractivity contribution in [2.45, 2.75) is 19.8 Å². The first-order valence-electron chi connectivity index (χ1n) is 6.17. The molecule has 1 aliphatic heterocycles. The summed E-state index contributed by atoms with van der Waals surface area (Å²) in [6.45, 7) is 2.01. The maximum absolute atomic E-state index is 11.8. The summed E-state index contributed by atoms with van der Waals surface area (Å²) >= 11 is 7.76. The summed E-state index contributed by atoms with van der Waals surface area (Å²) in [5.41, 5.74) is 1.85.